The molecule has 1 N–H and O–H groups in total. The highest BCUT2D eigenvalue weighted by atomic mass is 32.2. The topological polar surface area (TPSA) is 46.5 Å². The van der Waals surface area contributed by atoms with Crippen LogP contribution in [0.5, 0.6) is 5.75 Å². The largest absolute Gasteiger partial charge is 0.482 e. The number of benzene rings is 4. The summed E-state index contributed by atoms with van der Waals surface area (Å²) in [5.41, 5.74) is 3.40. The summed E-state index contributed by atoms with van der Waals surface area (Å²) in [6, 6.07) is 30.0. The smallest absolute Gasteiger partial charge is 0.416 e. The van der Waals surface area contributed by atoms with E-state index >= 15 is 0 Å². The van der Waals surface area contributed by atoms with Gasteiger partial charge >= 0.3 is 12.1 Å². The first-order valence-corrected chi connectivity index (χ1v) is 12.4. The zero-order chi connectivity index (χ0) is 26.3. The molecule has 37 heavy (non-hydrogen) atoms. The number of rotatable bonds is 9. The summed E-state index contributed by atoms with van der Waals surface area (Å²) < 4.78 is 45.4. The van der Waals surface area contributed by atoms with Gasteiger partial charge in [-0.05, 0) is 64.2 Å². The van der Waals surface area contributed by atoms with Crippen LogP contribution in [0.15, 0.2) is 114 Å². The minimum Gasteiger partial charge on any atom is -0.482 e. The standard InChI is InChI=1S/C30H23F3O3S/c31-30(32,33)25-8-4-7-24(19-25)28(23-11-9-22(10-12-23)21-5-2-1-3-6-21)17-18-37-27-15-13-26(14-16-27)36-20-29(34)35/h1-17,19H,18,20H2,(H,34,35)/b28-17+. The summed E-state index contributed by atoms with van der Waals surface area (Å²) in [6.07, 6.45) is -2.51. The van der Waals surface area contributed by atoms with Gasteiger partial charge in [0, 0.05) is 10.6 Å². The summed E-state index contributed by atoms with van der Waals surface area (Å²) in [6.45, 7) is -0.418. The number of ether oxygens (including phenoxy) is 1. The monoisotopic (exact) mass is 520 g/mol. The van der Waals surface area contributed by atoms with Crippen molar-refractivity contribution in [3.63, 3.8) is 0 Å². The summed E-state index contributed by atoms with van der Waals surface area (Å²) in [4.78, 5) is 11.6. The van der Waals surface area contributed by atoms with Crippen molar-refractivity contribution in [2.75, 3.05) is 12.4 Å². The molecule has 0 saturated heterocycles. The Bertz CT molecular complexity index is 1360. The van der Waals surface area contributed by atoms with Crippen LogP contribution in [-0.4, -0.2) is 23.4 Å². The normalized spacial score (nSPS) is 11.8. The number of hydrogen-bond donors (Lipinski definition) is 1. The number of carbonyl (C=O) groups is 1. The molecule has 0 aliphatic heterocycles. The van der Waals surface area contributed by atoms with Crippen LogP contribution >= 0.6 is 11.8 Å². The van der Waals surface area contributed by atoms with Crippen LogP contribution in [0, 0.1) is 0 Å². The molecule has 4 aromatic carbocycles. The lowest BCUT2D eigenvalue weighted by atomic mass is 9.94. The SMILES string of the molecule is O=C(O)COc1ccc(SC/C=C(\c2ccc(-c3ccccc3)cc2)c2cccc(C(F)(F)F)c2)cc1. The van der Waals surface area contributed by atoms with Crippen molar-refractivity contribution in [1.29, 1.82) is 0 Å². The Balaban J connectivity index is 1.59. The maximum Gasteiger partial charge on any atom is 0.416 e. The number of thioether (sulfide) groups is 1. The second-order valence-corrected chi connectivity index (χ2v) is 9.20. The van der Waals surface area contributed by atoms with Crippen LogP contribution < -0.4 is 4.74 Å². The summed E-state index contributed by atoms with van der Waals surface area (Å²) >= 11 is 1.51. The van der Waals surface area contributed by atoms with Gasteiger partial charge in [0.1, 0.15) is 5.75 Å². The van der Waals surface area contributed by atoms with Gasteiger partial charge in [0.2, 0.25) is 0 Å². The van der Waals surface area contributed by atoms with Gasteiger partial charge in [0.05, 0.1) is 5.56 Å². The number of aliphatic carboxylic acids is 1. The van der Waals surface area contributed by atoms with Gasteiger partial charge in [-0.3, -0.25) is 0 Å². The lowest BCUT2D eigenvalue weighted by Crippen LogP contribution is -2.09. The van der Waals surface area contributed by atoms with E-state index < -0.39 is 24.3 Å². The fourth-order valence-corrected chi connectivity index (χ4v) is 4.51. The summed E-state index contributed by atoms with van der Waals surface area (Å²) in [5, 5.41) is 8.72. The lowest BCUT2D eigenvalue weighted by Gasteiger charge is -2.13. The Morgan fingerprint density at radius 3 is 2.14 bits per heavy atom. The molecule has 0 aromatic heterocycles. The molecule has 0 unspecified atom stereocenters. The van der Waals surface area contributed by atoms with Crippen LogP contribution in [0.25, 0.3) is 16.7 Å². The van der Waals surface area contributed by atoms with Gasteiger partial charge in [-0.1, -0.05) is 72.8 Å². The van der Waals surface area contributed by atoms with Crippen molar-refractivity contribution >= 4 is 23.3 Å². The molecule has 4 rings (SSSR count). The predicted octanol–water partition coefficient (Wildman–Crippen LogP) is 8.06. The molecule has 0 amide bonds. The molecule has 0 fully saturated rings. The van der Waals surface area contributed by atoms with E-state index in [0.29, 0.717) is 22.6 Å². The minimum atomic E-state index is -4.43. The molecule has 3 nitrogen and oxygen atoms in total. The quantitative estimate of drug-likeness (QED) is 0.227. The van der Waals surface area contributed by atoms with Crippen LogP contribution in [0.4, 0.5) is 13.2 Å². The van der Waals surface area contributed by atoms with Crippen molar-refractivity contribution < 1.29 is 27.8 Å². The first-order chi connectivity index (χ1) is 17.8. The van der Waals surface area contributed by atoms with E-state index in [-0.39, 0.29) is 0 Å². The van der Waals surface area contributed by atoms with Gasteiger partial charge < -0.3 is 9.84 Å². The van der Waals surface area contributed by atoms with Crippen LogP contribution in [0.1, 0.15) is 16.7 Å². The zero-order valence-electron chi connectivity index (χ0n) is 19.6. The lowest BCUT2D eigenvalue weighted by molar-refractivity contribution is -0.139. The molecule has 4 aromatic rings. The average molecular weight is 521 g/mol. The van der Waals surface area contributed by atoms with Crippen molar-refractivity contribution in [3.8, 4) is 16.9 Å². The molecule has 188 valence electrons. The molecule has 7 heteroatoms. The van der Waals surface area contributed by atoms with E-state index in [0.717, 1.165) is 27.7 Å². The third-order valence-electron chi connectivity index (χ3n) is 5.53. The Hall–Kier alpha value is -3.97. The van der Waals surface area contributed by atoms with Gasteiger partial charge in [0.25, 0.3) is 0 Å². The molecule has 0 saturated carbocycles. The predicted molar refractivity (Wildman–Crippen MR) is 141 cm³/mol. The maximum absolute atomic E-state index is 13.4. The van der Waals surface area contributed by atoms with Crippen molar-refractivity contribution in [2.45, 2.75) is 11.1 Å². The van der Waals surface area contributed by atoms with Gasteiger partial charge in [-0.2, -0.15) is 13.2 Å². The van der Waals surface area contributed by atoms with E-state index in [1.165, 1.54) is 23.9 Å². The third-order valence-corrected chi connectivity index (χ3v) is 6.47. The first-order valence-electron chi connectivity index (χ1n) is 11.4. The highest BCUT2D eigenvalue weighted by molar-refractivity contribution is 7.99. The first kappa shape index (κ1) is 26.1. The molecule has 0 aliphatic carbocycles. The Kier molecular flexibility index (Phi) is 8.36. The second-order valence-electron chi connectivity index (χ2n) is 8.10. The van der Waals surface area contributed by atoms with E-state index in [1.54, 1.807) is 18.2 Å². The maximum atomic E-state index is 13.4. The molecular formula is C30H23F3O3S. The second kappa shape index (κ2) is 11.8. The number of alkyl halides is 3. The van der Waals surface area contributed by atoms with E-state index in [9.17, 15) is 18.0 Å². The fraction of sp³-hybridized carbons (Fsp3) is 0.100. The number of hydrogen-bond acceptors (Lipinski definition) is 3. The van der Waals surface area contributed by atoms with E-state index in [2.05, 4.69) is 0 Å². The van der Waals surface area contributed by atoms with Crippen LogP contribution in [0.2, 0.25) is 0 Å². The molecule has 0 atom stereocenters. The molecule has 0 spiro atoms. The summed E-state index contributed by atoms with van der Waals surface area (Å²) in [5.74, 6) is -0.0885. The highest BCUT2D eigenvalue weighted by Crippen LogP contribution is 2.34. The van der Waals surface area contributed by atoms with Crippen molar-refractivity contribution in [3.05, 3.63) is 126 Å². The highest BCUT2D eigenvalue weighted by Gasteiger charge is 2.30. The Morgan fingerprint density at radius 1 is 0.811 bits per heavy atom. The van der Waals surface area contributed by atoms with Crippen molar-refractivity contribution in [1.82, 2.24) is 0 Å². The summed E-state index contributed by atoms with van der Waals surface area (Å²) in [7, 11) is 0. The van der Waals surface area contributed by atoms with Crippen molar-refractivity contribution in [2.24, 2.45) is 0 Å². The number of carboxylic acids is 1. The number of carboxylic acid groups (broad SMARTS) is 1. The van der Waals surface area contributed by atoms with E-state index in [4.69, 9.17) is 9.84 Å². The Labute approximate surface area is 217 Å². The zero-order valence-corrected chi connectivity index (χ0v) is 20.4. The average Bonchev–Trinajstić information content (AvgIpc) is 2.91. The Morgan fingerprint density at radius 2 is 1.49 bits per heavy atom. The molecule has 0 heterocycles. The fourth-order valence-electron chi connectivity index (χ4n) is 3.74. The van der Waals surface area contributed by atoms with E-state index in [1.807, 2.05) is 72.8 Å². The van der Waals surface area contributed by atoms with Gasteiger partial charge in [-0.15, -0.1) is 11.8 Å². The minimum absolute atomic E-state index is 0.418. The van der Waals surface area contributed by atoms with Gasteiger partial charge in [-0.25, -0.2) is 4.79 Å². The van der Waals surface area contributed by atoms with Crippen LogP contribution in [0.3, 0.4) is 0 Å². The third kappa shape index (κ3) is 7.27. The molecule has 0 bridgehead atoms. The molecule has 0 aliphatic rings. The van der Waals surface area contributed by atoms with Crippen LogP contribution in [-0.2, 0) is 11.0 Å². The number of halogens is 3. The van der Waals surface area contributed by atoms with Gasteiger partial charge in [0.15, 0.2) is 6.61 Å². The molecule has 0 radical (unpaired) electrons. The molecular weight excluding hydrogens is 497 g/mol.